The first-order valence-corrected chi connectivity index (χ1v) is 8.19. The molecule has 138 valence electrons. The Labute approximate surface area is 161 Å². The van der Waals surface area contributed by atoms with Crippen LogP contribution in [0.2, 0.25) is 0 Å². The molecular weight excluding hydrogens is 362 g/mol. The van der Waals surface area contributed by atoms with Crippen molar-refractivity contribution in [3.05, 3.63) is 65.5 Å². The molecule has 0 saturated carbocycles. The fraction of sp³-hybridized carbons (Fsp3) is 0.368. The van der Waals surface area contributed by atoms with E-state index in [1.54, 1.807) is 12.1 Å². The number of nitrogens with one attached hydrogen (secondary N) is 1. The van der Waals surface area contributed by atoms with Crippen molar-refractivity contribution < 1.29 is 9.13 Å². The Morgan fingerprint density at radius 2 is 1.48 bits per heavy atom. The summed E-state index contributed by atoms with van der Waals surface area (Å²) in [7, 11) is 0. The first kappa shape index (κ1) is 21.7. The lowest BCUT2D eigenvalue weighted by atomic mass is 10.1. The monoisotopic (exact) mass is 386 g/mol. The molecule has 25 heavy (non-hydrogen) atoms. The van der Waals surface area contributed by atoms with Gasteiger partial charge in [-0.3, -0.25) is 4.90 Å². The number of hydrogen-bond acceptors (Lipinski definition) is 3. The molecule has 1 N–H and O–H groups in total. The molecule has 1 aliphatic heterocycles. The highest BCUT2D eigenvalue weighted by molar-refractivity contribution is 5.85. The summed E-state index contributed by atoms with van der Waals surface area (Å²) in [5, 5.41) is 3.37. The maximum Gasteiger partial charge on any atom is 0.123 e. The first-order valence-electron chi connectivity index (χ1n) is 8.19. The third-order valence-corrected chi connectivity index (χ3v) is 4.11. The van der Waals surface area contributed by atoms with E-state index in [9.17, 15) is 4.39 Å². The van der Waals surface area contributed by atoms with Crippen molar-refractivity contribution >= 4 is 24.8 Å². The van der Waals surface area contributed by atoms with E-state index in [1.807, 2.05) is 0 Å². The molecule has 0 amide bonds. The van der Waals surface area contributed by atoms with Crippen molar-refractivity contribution in [1.29, 1.82) is 0 Å². The Balaban J connectivity index is 0.00000156. The van der Waals surface area contributed by atoms with E-state index >= 15 is 0 Å². The maximum absolute atomic E-state index is 12.8. The van der Waals surface area contributed by atoms with Gasteiger partial charge in [0.05, 0.1) is 6.61 Å². The Bertz CT molecular complexity index is 602. The van der Waals surface area contributed by atoms with E-state index in [4.69, 9.17) is 4.74 Å². The van der Waals surface area contributed by atoms with Gasteiger partial charge in [0.25, 0.3) is 0 Å². The average molecular weight is 387 g/mol. The number of ether oxygens (including phenoxy) is 1. The molecular formula is C19H25Cl2FN2O. The van der Waals surface area contributed by atoms with Crippen LogP contribution in [-0.2, 0) is 13.0 Å². The number of benzene rings is 2. The van der Waals surface area contributed by atoms with Crippen LogP contribution in [0.4, 0.5) is 4.39 Å². The summed E-state index contributed by atoms with van der Waals surface area (Å²) in [6, 6.07) is 14.9. The third-order valence-electron chi connectivity index (χ3n) is 4.11. The van der Waals surface area contributed by atoms with Gasteiger partial charge in [-0.2, -0.15) is 0 Å². The van der Waals surface area contributed by atoms with Crippen molar-refractivity contribution in [3.63, 3.8) is 0 Å². The van der Waals surface area contributed by atoms with E-state index in [0.29, 0.717) is 12.4 Å². The van der Waals surface area contributed by atoms with Gasteiger partial charge in [0.15, 0.2) is 0 Å². The van der Waals surface area contributed by atoms with Gasteiger partial charge in [0.2, 0.25) is 0 Å². The van der Waals surface area contributed by atoms with Gasteiger partial charge in [-0.15, -0.1) is 24.8 Å². The Morgan fingerprint density at radius 3 is 2.12 bits per heavy atom. The predicted octanol–water partition coefficient (Wildman–Crippen LogP) is 3.70. The van der Waals surface area contributed by atoms with Crippen LogP contribution < -0.4 is 10.1 Å². The molecule has 3 rings (SSSR count). The van der Waals surface area contributed by atoms with E-state index in [1.165, 1.54) is 23.3 Å². The minimum Gasteiger partial charge on any atom is -0.493 e. The summed E-state index contributed by atoms with van der Waals surface area (Å²) in [6.45, 7) is 6.02. The molecule has 1 saturated heterocycles. The second kappa shape index (κ2) is 11.3. The Morgan fingerprint density at radius 1 is 0.880 bits per heavy atom. The van der Waals surface area contributed by atoms with Gasteiger partial charge >= 0.3 is 0 Å². The fourth-order valence-corrected chi connectivity index (χ4v) is 2.76. The van der Waals surface area contributed by atoms with Crippen molar-refractivity contribution in [3.8, 4) is 5.75 Å². The van der Waals surface area contributed by atoms with Gasteiger partial charge in [-0.05, 0) is 35.4 Å². The SMILES string of the molecule is Cl.Cl.Fc1ccc(OCCc2ccc(CN3CCNCC3)cc2)cc1. The van der Waals surface area contributed by atoms with E-state index < -0.39 is 0 Å². The van der Waals surface area contributed by atoms with Crippen molar-refractivity contribution in [2.24, 2.45) is 0 Å². The average Bonchev–Trinajstić information content (AvgIpc) is 2.59. The molecule has 0 bridgehead atoms. The largest absolute Gasteiger partial charge is 0.493 e. The molecule has 2 aromatic rings. The molecule has 1 aliphatic rings. The number of halogens is 3. The second-order valence-corrected chi connectivity index (χ2v) is 5.90. The van der Waals surface area contributed by atoms with Crippen LogP contribution in [0.1, 0.15) is 11.1 Å². The van der Waals surface area contributed by atoms with E-state index in [0.717, 1.165) is 39.1 Å². The van der Waals surface area contributed by atoms with Crippen molar-refractivity contribution in [1.82, 2.24) is 10.2 Å². The minimum absolute atomic E-state index is 0. The highest BCUT2D eigenvalue weighted by Crippen LogP contribution is 2.13. The summed E-state index contributed by atoms with van der Waals surface area (Å²) in [6.07, 6.45) is 0.852. The molecule has 0 atom stereocenters. The summed E-state index contributed by atoms with van der Waals surface area (Å²) in [5.74, 6) is 0.471. The molecule has 2 aromatic carbocycles. The summed E-state index contributed by atoms with van der Waals surface area (Å²) in [4.78, 5) is 2.48. The zero-order valence-electron chi connectivity index (χ0n) is 14.1. The Hall–Kier alpha value is -1.33. The molecule has 3 nitrogen and oxygen atoms in total. The number of piperazine rings is 1. The standard InChI is InChI=1S/C19H23FN2O.2ClH/c20-18-5-7-19(8-6-18)23-14-9-16-1-3-17(4-2-16)15-22-12-10-21-11-13-22;;/h1-8,21H,9-15H2;2*1H. The molecule has 0 spiro atoms. The van der Waals surface area contributed by atoms with Crippen molar-refractivity contribution in [2.45, 2.75) is 13.0 Å². The topological polar surface area (TPSA) is 24.5 Å². The molecule has 0 aromatic heterocycles. The highest BCUT2D eigenvalue weighted by atomic mass is 35.5. The molecule has 1 fully saturated rings. The minimum atomic E-state index is -0.238. The molecule has 6 heteroatoms. The van der Waals surface area contributed by atoms with E-state index in [2.05, 4.69) is 34.5 Å². The van der Waals surface area contributed by atoms with Crippen LogP contribution in [0.5, 0.6) is 5.75 Å². The van der Waals surface area contributed by atoms with Gasteiger partial charge in [-0.1, -0.05) is 24.3 Å². The van der Waals surface area contributed by atoms with Crippen LogP contribution in [0.3, 0.4) is 0 Å². The normalized spacial score (nSPS) is 14.3. The lowest BCUT2D eigenvalue weighted by molar-refractivity contribution is 0.233. The van der Waals surface area contributed by atoms with Gasteiger partial charge in [0.1, 0.15) is 11.6 Å². The molecule has 0 radical (unpaired) electrons. The van der Waals surface area contributed by atoms with Crippen LogP contribution in [0.15, 0.2) is 48.5 Å². The highest BCUT2D eigenvalue weighted by Gasteiger charge is 2.09. The lowest BCUT2D eigenvalue weighted by Crippen LogP contribution is -2.42. The smallest absolute Gasteiger partial charge is 0.123 e. The summed E-state index contributed by atoms with van der Waals surface area (Å²) in [5.41, 5.74) is 2.62. The molecule has 0 aliphatic carbocycles. The number of nitrogens with zero attached hydrogens (tertiary/aromatic N) is 1. The summed E-state index contributed by atoms with van der Waals surface area (Å²) < 4.78 is 18.5. The fourth-order valence-electron chi connectivity index (χ4n) is 2.76. The van der Waals surface area contributed by atoms with Gasteiger partial charge in [0, 0.05) is 39.1 Å². The van der Waals surface area contributed by atoms with E-state index in [-0.39, 0.29) is 30.6 Å². The lowest BCUT2D eigenvalue weighted by Gasteiger charge is -2.27. The summed E-state index contributed by atoms with van der Waals surface area (Å²) >= 11 is 0. The maximum atomic E-state index is 12.8. The quantitative estimate of drug-likeness (QED) is 0.818. The Kier molecular flexibility index (Phi) is 9.83. The van der Waals surface area contributed by atoms with Gasteiger partial charge < -0.3 is 10.1 Å². The van der Waals surface area contributed by atoms with Crippen LogP contribution >= 0.6 is 24.8 Å². The van der Waals surface area contributed by atoms with Crippen LogP contribution in [0.25, 0.3) is 0 Å². The third kappa shape index (κ3) is 7.20. The number of hydrogen-bond donors (Lipinski definition) is 1. The zero-order valence-corrected chi connectivity index (χ0v) is 15.8. The van der Waals surface area contributed by atoms with Gasteiger partial charge in [-0.25, -0.2) is 4.39 Å². The van der Waals surface area contributed by atoms with Crippen molar-refractivity contribution in [2.75, 3.05) is 32.8 Å². The first-order chi connectivity index (χ1) is 11.3. The van der Waals surface area contributed by atoms with Crippen LogP contribution in [0, 0.1) is 5.82 Å². The number of rotatable bonds is 6. The second-order valence-electron chi connectivity index (χ2n) is 5.90. The molecule has 0 unspecified atom stereocenters. The zero-order chi connectivity index (χ0) is 15.9. The van der Waals surface area contributed by atoms with Crippen LogP contribution in [-0.4, -0.2) is 37.7 Å². The molecule has 1 heterocycles. The predicted molar refractivity (Wildman–Crippen MR) is 105 cm³/mol.